The summed E-state index contributed by atoms with van der Waals surface area (Å²) in [5, 5.41) is 0. The molecule has 1 saturated heterocycles. The van der Waals surface area contributed by atoms with E-state index >= 15 is 0 Å². The van der Waals surface area contributed by atoms with Gasteiger partial charge in [-0.25, -0.2) is 0 Å². The average Bonchev–Trinajstić information content (AvgIpc) is 2.48. The van der Waals surface area contributed by atoms with E-state index in [1.807, 2.05) is 0 Å². The van der Waals surface area contributed by atoms with E-state index in [1.165, 1.54) is 11.4 Å². The maximum Gasteiger partial charge on any atom is 0.0367 e. The van der Waals surface area contributed by atoms with Gasteiger partial charge in [-0.1, -0.05) is 48.6 Å². The summed E-state index contributed by atoms with van der Waals surface area (Å²) in [6, 6.07) is 10.7. The Morgan fingerprint density at radius 1 is 0.650 bits per heavy atom. The Kier molecular flexibility index (Phi) is 4.02. The lowest BCUT2D eigenvalue weighted by atomic mass is 10.2. The van der Waals surface area contributed by atoms with Crippen LogP contribution in [0.4, 0.5) is 5.69 Å². The third kappa shape index (κ3) is 3.02. The Labute approximate surface area is 121 Å². The standard InChI is InChI=1S/C18H20N2/c1-2-5-9-17(10-6-3-1)19-13-15-20(16-14-19)18-11-7-4-8-12-18/h1-12H,13-16H2/b2-1-,3-1?,5-2?,6-3-,9-5-,10-6?,17-9?,17-10+. The van der Waals surface area contributed by atoms with E-state index in [9.17, 15) is 0 Å². The lowest BCUT2D eigenvalue weighted by Crippen LogP contribution is -2.45. The van der Waals surface area contributed by atoms with Crippen molar-refractivity contribution in [1.29, 1.82) is 0 Å². The molecule has 1 aromatic carbocycles. The van der Waals surface area contributed by atoms with Crippen molar-refractivity contribution in [2.45, 2.75) is 0 Å². The Balaban J connectivity index is 1.64. The van der Waals surface area contributed by atoms with Crippen LogP contribution in [0.25, 0.3) is 0 Å². The van der Waals surface area contributed by atoms with Crippen molar-refractivity contribution < 1.29 is 0 Å². The molecule has 1 heterocycles. The molecule has 0 atom stereocenters. The molecule has 0 spiro atoms. The number of piperazine rings is 1. The van der Waals surface area contributed by atoms with Crippen LogP contribution >= 0.6 is 0 Å². The van der Waals surface area contributed by atoms with Gasteiger partial charge in [0.1, 0.15) is 0 Å². The fraction of sp³-hybridized carbons (Fsp3) is 0.222. The second-order valence-electron chi connectivity index (χ2n) is 5.03. The number of hydrogen-bond donors (Lipinski definition) is 0. The van der Waals surface area contributed by atoms with Crippen molar-refractivity contribution in [2.24, 2.45) is 0 Å². The van der Waals surface area contributed by atoms with E-state index in [0.717, 1.165) is 26.2 Å². The zero-order chi connectivity index (χ0) is 13.6. The van der Waals surface area contributed by atoms with Gasteiger partial charge in [0.05, 0.1) is 0 Å². The van der Waals surface area contributed by atoms with E-state index in [0.29, 0.717) is 0 Å². The molecule has 1 fully saturated rings. The van der Waals surface area contributed by atoms with E-state index < -0.39 is 0 Å². The molecule has 2 heteroatoms. The van der Waals surface area contributed by atoms with Gasteiger partial charge in [-0.05, 0) is 24.3 Å². The molecule has 3 rings (SSSR count). The summed E-state index contributed by atoms with van der Waals surface area (Å²) in [6.07, 6.45) is 14.8. The maximum atomic E-state index is 2.46. The second kappa shape index (κ2) is 6.29. The lowest BCUT2D eigenvalue weighted by molar-refractivity contribution is 0.330. The topological polar surface area (TPSA) is 6.48 Å². The molecule has 0 amide bonds. The quantitative estimate of drug-likeness (QED) is 0.808. The molecular formula is C18H20N2. The molecule has 102 valence electrons. The summed E-state index contributed by atoms with van der Waals surface area (Å²) in [5.74, 6) is 0. The predicted molar refractivity (Wildman–Crippen MR) is 85.7 cm³/mol. The molecule has 0 bridgehead atoms. The van der Waals surface area contributed by atoms with Gasteiger partial charge >= 0.3 is 0 Å². The summed E-state index contributed by atoms with van der Waals surface area (Å²) in [5.41, 5.74) is 2.63. The fourth-order valence-corrected chi connectivity index (χ4v) is 2.63. The number of para-hydroxylation sites is 1. The second-order valence-corrected chi connectivity index (χ2v) is 5.03. The van der Waals surface area contributed by atoms with Gasteiger partial charge in [-0.2, -0.15) is 0 Å². The molecule has 20 heavy (non-hydrogen) atoms. The fourth-order valence-electron chi connectivity index (χ4n) is 2.63. The number of benzene rings is 1. The number of allylic oxidation sites excluding steroid dienone is 7. The molecule has 0 unspecified atom stereocenters. The molecule has 0 N–H and O–H groups in total. The first-order chi connectivity index (χ1) is 9.93. The predicted octanol–water partition coefficient (Wildman–Crippen LogP) is 3.37. The monoisotopic (exact) mass is 264 g/mol. The molecule has 1 aliphatic carbocycles. The Morgan fingerprint density at radius 2 is 1.30 bits per heavy atom. The highest BCUT2D eigenvalue weighted by molar-refractivity contribution is 5.46. The highest BCUT2D eigenvalue weighted by atomic mass is 15.3. The van der Waals surface area contributed by atoms with Crippen LogP contribution in [-0.4, -0.2) is 31.1 Å². The number of rotatable bonds is 2. The molecular weight excluding hydrogens is 244 g/mol. The first-order valence-electron chi connectivity index (χ1n) is 7.20. The average molecular weight is 264 g/mol. The maximum absolute atomic E-state index is 2.46. The highest BCUT2D eigenvalue weighted by Gasteiger charge is 2.17. The van der Waals surface area contributed by atoms with Crippen LogP contribution in [0.2, 0.25) is 0 Å². The Bertz CT molecular complexity index is 544. The van der Waals surface area contributed by atoms with Gasteiger partial charge < -0.3 is 9.80 Å². The van der Waals surface area contributed by atoms with E-state index in [1.54, 1.807) is 0 Å². The van der Waals surface area contributed by atoms with Crippen LogP contribution < -0.4 is 4.90 Å². The summed E-state index contributed by atoms with van der Waals surface area (Å²) in [4.78, 5) is 4.92. The van der Waals surface area contributed by atoms with Crippen molar-refractivity contribution in [3.63, 3.8) is 0 Å². The molecule has 1 aromatic rings. The van der Waals surface area contributed by atoms with Crippen molar-refractivity contribution in [2.75, 3.05) is 31.1 Å². The zero-order valence-corrected chi connectivity index (χ0v) is 11.7. The van der Waals surface area contributed by atoms with Gasteiger partial charge in [0, 0.05) is 37.6 Å². The third-order valence-electron chi connectivity index (χ3n) is 3.74. The number of nitrogens with zero attached hydrogens (tertiary/aromatic N) is 2. The van der Waals surface area contributed by atoms with Gasteiger partial charge in [-0.3, -0.25) is 0 Å². The minimum atomic E-state index is 1.07. The van der Waals surface area contributed by atoms with Crippen LogP contribution in [0.15, 0.2) is 78.6 Å². The summed E-state index contributed by atoms with van der Waals surface area (Å²) in [6.45, 7) is 4.30. The smallest absolute Gasteiger partial charge is 0.0367 e. The molecule has 2 aliphatic rings. The van der Waals surface area contributed by atoms with E-state index in [2.05, 4.69) is 82.7 Å². The highest BCUT2D eigenvalue weighted by Crippen LogP contribution is 2.18. The summed E-state index contributed by atoms with van der Waals surface area (Å²) < 4.78 is 0. The summed E-state index contributed by atoms with van der Waals surface area (Å²) >= 11 is 0. The zero-order valence-electron chi connectivity index (χ0n) is 11.7. The van der Waals surface area contributed by atoms with Gasteiger partial charge in [0.25, 0.3) is 0 Å². The Hall–Kier alpha value is -2.22. The first-order valence-corrected chi connectivity index (χ1v) is 7.20. The van der Waals surface area contributed by atoms with Crippen molar-refractivity contribution in [3.8, 4) is 0 Å². The first kappa shape index (κ1) is 12.8. The minimum absolute atomic E-state index is 1.07. The van der Waals surface area contributed by atoms with Crippen LogP contribution in [-0.2, 0) is 0 Å². The number of hydrogen-bond acceptors (Lipinski definition) is 2. The van der Waals surface area contributed by atoms with Crippen LogP contribution in [0.5, 0.6) is 0 Å². The SMILES string of the molecule is C1=C\C=C/C(N2CCN(c3ccccc3)CC2)=C\C=C/1. The molecule has 0 aromatic heterocycles. The minimum Gasteiger partial charge on any atom is -0.368 e. The third-order valence-corrected chi connectivity index (χ3v) is 3.74. The van der Waals surface area contributed by atoms with E-state index in [4.69, 9.17) is 0 Å². The molecule has 2 nitrogen and oxygen atoms in total. The lowest BCUT2D eigenvalue weighted by Gasteiger charge is -2.37. The van der Waals surface area contributed by atoms with Crippen molar-refractivity contribution >= 4 is 5.69 Å². The summed E-state index contributed by atoms with van der Waals surface area (Å²) in [7, 11) is 0. The van der Waals surface area contributed by atoms with E-state index in [-0.39, 0.29) is 0 Å². The van der Waals surface area contributed by atoms with Crippen molar-refractivity contribution in [3.05, 3.63) is 78.6 Å². The van der Waals surface area contributed by atoms with Crippen LogP contribution in [0.3, 0.4) is 0 Å². The largest absolute Gasteiger partial charge is 0.368 e. The normalized spacial score (nSPS) is 26.1. The van der Waals surface area contributed by atoms with Crippen LogP contribution in [0, 0.1) is 0 Å². The van der Waals surface area contributed by atoms with Crippen molar-refractivity contribution in [1.82, 2.24) is 4.90 Å². The van der Waals surface area contributed by atoms with Gasteiger partial charge in [0.15, 0.2) is 0 Å². The van der Waals surface area contributed by atoms with Gasteiger partial charge in [-0.15, -0.1) is 0 Å². The Morgan fingerprint density at radius 3 is 2.10 bits per heavy atom. The molecule has 1 aliphatic heterocycles. The van der Waals surface area contributed by atoms with Gasteiger partial charge in [0.2, 0.25) is 0 Å². The van der Waals surface area contributed by atoms with Crippen LogP contribution in [0.1, 0.15) is 0 Å². The molecule has 0 saturated carbocycles. The number of anilines is 1. The molecule has 0 radical (unpaired) electrons.